The summed E-state index contributed by atoms with van der Waals surface area (Å²) in [5.41, 5.74) is 1.17. The van der Waals surface area contributed by atoms with Gasteiger partial charge in [-0.1, -0.05) is 0 Å². The van der Waals surface area contributed by atoms with Gasteiger partial charge in [-0.05, 0) is 43.3 Å². The summed E-state index contributed by atoms with van der Waals surface area (Å²) in [6.07, 6.45) is 0. The number of carboxylic acids is 1. The molecule has 1 heterocycles. The van der Waals surface area contributed by atoms with Gasteiger partial charge in [0.25, 0.3) is 0 Å². The van der Waals surface area contributed by atoms with Gasteiger partial charge < -0.3 is 15.7 Å². The molecule has 6 nitrogen and oxygen atoms in total. The number of carboxylic acid groups (broad SMARTS) is 1. The number of aryl methyl sites for hydroxylation is 1. The van der Waals surface area contributed by atoms with Crippen molar-refractivity contribution in [1.82, 2.24) is 9.97 Å². The number of hydrogen-bond acceptors (Lipinski definition) is 5. The molecular weight excluding hydrogens is 342 g/mol. The van der Waals surface area contributed by atoms with Gasteiger partial charge >= 0.3 is 5.97 Å². The van der Waals surface area contributed by atoms with Crippen molar-refractivity contribution in [1.29, 1.82) is 0 Å². The molecule has 8 heteroatoms. The maximum absolute atomic E-state index is 13.3. The van der Waals surface area contributed by atoms with Crippen LogP contribution >= 0.6 is 0 Å². The van der Waals surface area contributed by atoms with Crippen LogP contribution in [0.15, 0.2) is 48.5 Å². The molecule has 0 bridgehead atoms. The second-order valence-electron chi connectivity index (χ2n) is 5.45. The summed E-state index contributed by atoms with van der Waals surface area (Å²) in [4.78, 5) is 19.3. The third kappa shape index (κ3) is 4.10. The van der Waals surface area contributed by atoms with Crippen LogP contribution in [0.5, 0.6) is 0 Å². The molecule has 0 unspecified atom stereocenters. The van der Waals surface area contributed by atoms with Crippen molar-refractivity contribution in [3.8, 4) is 0 Å². The molecule has 3 N–H and O–H groups in total. The van der Waals surface area contributed by atoms with Gasteiger partial charge in [-0.3, -0.25) is 0 Å². The van der Waals surface area contributed by atoms with E-state index >= 15 is 0 Å². The Hall–Kier alpha value is -3.55. The monoisotopic (exact) mass is 356 g/mol. The quantitative estimate of drug-likeness (QED) is 0.634. The number of aromatic carboxylic acids is 1. The molecule has 0 saturated heterocycles. The van der Waals surface area contributed by atoms with Crippen molar-refractivity contribution in [2.45, 2.75) is 6.92 Å². The van der Waals surface area contributed by atoms with E-state index in [0.29, 0.717) is 28.8 Å². The SMILES string of the molecule is Cc1nc(Nc2ccc(C(=O)O)cc2)cc(Nc2ccc(F)c(F)c2)n1. The number of anilines is 4. The lowest BCUT2D eigenvalue weighted by molar-refractivity contribution is 0.0697. The summed E-state index contributed by atoms with van der Waals surface area (Å²) in [7, 11) is 0. The van der Waals surface area contributed by atoms with E-state index in [9.17, 15) is 13.6 Å². The van der Waals surface area contributed by atoms with Crippen LogP contribution in [0.3, 0.4) is 0 Å². The topological polar surface area (TPSA) is 87.1 Å². The van der Waals surface area contributed by atoms with Crippen molar-refractivity contribution < 1.29 is 18.7 Å². The zero-order valence-corrected chi connectivity index (χ0v) is 13.6. The molecule has 1 aromatic heterocycles. The maximum Gasteiger partial charge on any atom is 0.335 e. The number of carbonyl (C=O) groups is 1. The van der Waals surface area contributed by atoms with Gasteiger partial charge in [0.15, 0.2) is 11.6 Å². The van der Waals surface area contributed by atoms with Gasteiger partial charge in [0.05, 0.1) is 5.56 Å². The van der Waals surface area contributed by atoms with E-state index in [1.165, 1.54) is 18.2 Å². The highest BCUT2D eigenvalue weighted by Crippen LogP contribution is 2.22. The normalized spacial score (nSPS) is 10.4. The van der Waals surface area contributed by atoms with E-state index in [0.717, 1.165) is 12.1 Å². The van der Waals surface area contributed by atoms with E-state index in [1.807, 2.05) is 0 Å². The van der Waals surface area contributed by atoms with Crippen LogP contribution in [-0.2, 0) is 0 Å². The molecule has 3 aromatic rings. The van der Waals surface area contributed by atoms with Crippen LogP contribution in [0.25, 0.3) is 0 Å². The molecule has 0 atom stereocenters. The molecule has 0 amide bonds. The highest BCUT2D eigenvalue weighted by molar-refractivity contribution is 5.88. The Morgan fingerprint density at radius 1 is 0.885 bits per heavy atom. The predicted molar refractivity (Wildman–Crippen MR) is 93.1 cm³/mol. The molecule has 0 saturated carbocycles. The fourth-order valence-corrected chi connectivity index (χ4v) is 2.26. The minimum atomic E-state index is -1.01. The Kier molecular flexibility index (Phi) is 4.74. The van der Waals surface area contributed by atoms with Crippen molar-refractivity contribution in [2.75, 3.05) is 10.6 Å². The van der Waals surface area contributed by atoms with E-state index in [-0.39, 0.29) is 5.56 Å². The maximum atomic E-state index is 13.3. The second kappa shape index (κ2) is 7.14. The Balaban J connectivity index is 1.80. The fourth-order valence-electron chi connectivity index (χ4n) is 2.26. The summed E-state index contributed by atoms with van der Waals surface area (Å²) in [5.74, 6) is -1.58. The van der Waals surface area contributed by atoms with Crippen molar-refractivity contribution in [3.63, 3.8) is 0 Å². The van der Waals surface area contributed by atoms with Gasteiger partial charge in [0.1, 0.15) is 17.5 Å². The second-order valence-corrected chi connectivity index (χ2v) is 5.45. The van der Waals surface area contributed by atoms with Crippen molar-refractivity contribution in [2.24, 2.45) is 0 Å². The highest BCUT2D eigenvalue weighted by atomic mass is 19.2. The molecule has 0 radical (unpaired) electrons. The zero-order chi connectivity index (χ0) is 18.7. The molecule has 0 fully saturated rings. The minimum Gasteiger partial charge on any atom is -0.478 e. The molecular formula is C18H14F2N4O2. The molecule has 132 valence electrons. The number of rotatable bonds is 5. The molecule has 0 aliphatic rings. The van der Waals surface area contributed by atoms with Crippen LogP contribution < -0.4 is 10.6 Å². The number of benzene rings is 2. The largest absolute Gasteiger partial charge is 0.478 e. The van der Waals surface area contributed by atoms with Crippen LogP contribution in [0.4, 0.5) is 31.8 Å². The molecule has 2 aromatic carbocycles. The first-order valence-corrected chi connectivity index (χ1v) is 7.59. The standard InChI is InChI=1S/C18H14F2N4O2/c1-10-21-16(23-12-4-2-11(3-5-12)18(25)26)9-17(22-10)24-13-6-7-14(19)15(20)8-13/h2-9H,1H3,(H,25,26)(H2,21,22,23,24). The smallest absolute Gasteiger partial charge is 0.335 e. The minimum absolute atomic E-state index is 0.176. The van der Waals surface area contributed by atoms with E-state index in [2.05, 4.69) is 20.6 Å². The average Bonchev–Trinajstić information content (AvgIpc) is 2.58. The van der Waals surface area contributed by atoms with Crippen LogP contribution in [0, 0.1) is 18.6 Å². The Bertz CT molecular complexity index is 962. The summed E-state index contributed by atoms with van der Waals surface area (Å²) < 4.78 is 26.3. The van der Waals surface area contributed by atoms with E-state index < -0.39 is 17.6 Å². The average molecular weight is 356 g/mol. The summed E-state index contributed by atoms with van der Waals surface area (Å²) in [6.45, 7) is 1.69. The van der Waals surface area contributed by atoms with Gasteiger partial charge in [-0.15, -0.1) is 0 Å². The first-order chi connectivity index (χ1) is 12.4. The Morgan fingerprint density at radius 3 is 2.04 bits per heavy atom. The third-order valence-corrected chi connectivity index (χ3v) is 3.43. The Morgan fingerprint density at radius 2 is 1.46 bits per heavy atom. The summed E-state index contributed by atoms with van der Waals surface area (Å²) >= 11 is 0. The number of halogens is 2. The molecule has 3 rings (SSSR count). The van der Waals surface area contributed by atoms with Gasteiger partial charge in [0, 0.05) is 23.5 Å². The lowest BCUT2D eigenvalue weighted by Crippen LogP contribution is -2.02. The number of nitrogens with zero attached hydrogens (tertiary/aromatic N) is 2. The lowest BCUT2D eigenvalue weighted by Gasteiger charge is -2.10. The third-order valence-electron chi connectivity index (χ3n) is 3.43. The van der Waals surface area contributed by atoms with Gasteiger partial charge in [-0.2, -0.15) is 0 Å². The van der Waals surface area contributed by atoms with Crippen molar-refractivity contribution >= 4 is 29.0 Å². The Labute approximate surface area is 147 Å². The van der Waals surface area contributed by atoms with Crippen LogP contribution in [0.2, 0.25) is 0 Å². The fraction of sp³-hybridized carbons (Fsp3) is 0.0556. The molecule has 0 aliphatic heterocycles. The number of hydrogen-bond donors (Lipinski definition) is 3. The zero-order valence-electron chi connectivity index (χ0n) is 13.6. The molecule has 0 spiro atoms. The van der Waals surface area contributed by atoms with Crippen molar-refractivity contribution in [3.05, 3.63) is 71.6 Å². The molecule has 0 aliphatic carbocycles. The number of nitrogens with one attached hydrogen (secondary N) is 2. The lowest BCUT2D eigenvalue weighted by atomic mass is 10.2. The summed E-state index contributed by atoms with van der Waals surface area (Å²) in [5, 5.41) is 14.8. The van der Waals surface area contributed by atoms with Gasteiger partial charge in [0.2, 0.25) is 0 Å². The summed E-state index contributed by atoms with van der Waals surface area (Å²) in [6, 6.07) is 11.2. The van der Waals surface area contributed by atoms with Gasteiger partial charge in [-0.25, -0.2) is 23.5 Å². The van der Waals surface area contributed by atoms with Crippen LogP contribution in [0.1, 0.15) is 16.2 Å². The number of aromatic nitrogens is 2. The molecule has 26 heavy (non-hydrogen) atoms. The first-order valence-electron chi connectivity index (χ1n) is 7.59. The predicted octanol–water partition coefficient (Wildman–Crippen LogP) is 4.25. The first kappa shape index (κ1) is 17.3. The van der Waals surface area contributed by atoms with Crippen LogP contribution in [-0.4, -0.2) is 21.0 Å². The highest BCUT2D eigenvalue weighted by Gasteiger charge is 2.07. The van der Waals surface area contributed by atoms with E-state index in [4.69, 9.17) is 5.11 Å². The van der Waals surface area contributed by atoms with E-state index in [1.54, 1.807) is 25.1 Å².